The highest BCUT2D eigenvalue weighted by molar-refractivity contribution is 5.83. The second-order valence-electron chi connectivity index (χ2n) is 11.3. The van der Waals surface area contributed by atoms with Crippen molar-refractivity contribution in [3.63, 3.8) is 0 Å². The normalized spacial score (nSPS) is 18.9. The van der Waals surface area contributed by atoms with Crippen LogP contribution in [0.25, 0.3) is 0 Å². The lowest BCUT2D eigenvalue weighted by molar-refractivity contribution is -0.00841. The third kappa shape index (κ3) is 13.2. The quantitative estimate of drug-likeness (QED) is 0.375. The summed E-state index contributed by atoms with van der Waals surface area (Å²) in [6.07, 6.45) is 0. The van der Waals surface area contributed by atoms with Gasteiger partial charge in [0, 0.05) is 23.5 Å². The Hall–Kier alpha value is -4.00. The SMILES string of the molecule is O=c1c(Nc2ccc3c(c2)OCCOCCOCCOCCOCCO3)c(Nc2ccc3c(c2)OCCOCCOCCOCCOCCO3)c1=O. The maximum Gasteiger partial charge on any atom is 0.253 e. The summed E-state index contributed by atoms with van der Waals surface area (Å²) >= 11 is 0. The molecule has 0 spiro atoms. The van der Waals surface area contributed by atoms with Crippen LogP contribution in [0.15, 0.2) is 46.0 Å². The number of anilines is 4. The molecule has 0 saturated heterocycles. The molecule has 2 aliphatic rings. The van der Waals surface area contributed by atoms with E-state index >= 15 is 0 Å². The lowest BCUT2D eigenvalue weighted by atomic mass is 10.1. The fourth-order valence-electron chi connectivity index (χ4n) is 4.92. The van der Waals surface area contributed by atoms with Gasteiger partial charge in [0.1, 0.15) is 37.8 Å². The molecular formula is C36H48N2O14. The van der Waals surface area contributed by atoms with Crippen molar-refractivity contribution in [3.8, 4) is 23.0 Å². The van der Waals surface area contributed by atoms with Crippen LogP contribution in [0.2, 0.25) is 0 Å². The van der Waals surface area contributed by atoms with Crippen molar-refractivity contribution in [1.82, 2.24) is 0 Å². The smallest absolute Gasteiger partial charge is 0.253 e. The molecule has 0 bridgehead atoms. The largest absolute Gasteiger partial charge is 0.487 e. The van der Waals surface area contributed by atoms with E-state index < -0.39 is 10.9 Å². The highest BCUT2D eigenvalue weighted by Crippen LogP contribution is 2.35. The summed E-state index contributed by atoms with van der Waals surface area (Å²) in [4.78, 5) is 25.5. The Morgan fingerprint density at radius 1 is 0.327 bits per heavy atom. The molecule has 16 nitrogen and oxygen atoms in total. The minimum absolute atomic E-state index is 0.109. The maximum atomic E-state index is 12.8. The lowest BCUT2D eigenvalue weighted by Crippen LogP contribution is -2.35. The van der Waals surface area contributed by atoms with Crippen molar-refractivity contribution in [1.29, 1.82) is 0 Å². The van der Waals surface area contributed by atoms with Crippen molar-refractivity contribution < 1.29 is 56.8 Å². The van der Waals surface area contributed by atoms with E-state index in [0.29, 0.717) is 140 Å². The van der Waals surface area contributed by atoms with Gasteiger partial charge in [0.15, 0.2) is 23.0 Å². The van der Waals surface area contributed by atoms with Crippen molar-refractivity contribution in [2.45, 2.75) is 0 Å². The molecule has 2 N–H and O–H groups in total. The van der Waals surface area contributed by atoms with E-state index in [9.17, 15) is 9.59 Å². The molecule has 0 amide bonds. The molecule has 0 aromatic heterocycles. The summed E-state index contributed by atoms with van der Waals surface area (Å²) in [6.45, 7) is 7.84. The predicted molar refractivity (Wildman–Crippen MR) is 189 cm³/mol. The molecule has 16 heteroatoms. The van der Waals surface area contributed by atoms with Gasteiger partial charge in [-0.05, 0) is 24.3 Å². The van der Waals surface area contributed by atoms with E-state index in [2.05, 4.69) is 10.6 Å². The Bertz CT molecular complexity index is 1430. The summed E-state index contributed by atoms with van der Waals surface area (Å²) in [5.41, 5.74) is -0.0633. The minimum atomic E-state index is -0.655. The third-order valence-electron chi connectivity index (χ3n) is 7.51. The molecule has 3 aromatic rings. The van der Waals surface area contributed by atoms with Gasteiger partial charge < -0.3 is 67.5 Å². The second-order valence-corrected chi connectivity index (χ2v) is 11.3. The summed E-state index contributed by atoms with van der Waals surface area (Å²) < 4.78 is 68.1. The molecule has 0 saturated carbocycles. The van der Waals surface area contributed by atoms with Gasteiger partial charge in [-0.15, -0.1) is 0 Å². The predicted octanol–water partition coefficient (Wildman–Crippen LogP) is 2.45. The van der Waals surface area contributed by atoms with Gasteiger partial charge in [0.05, 0.1) is 106 Å². The van der Waals surface area contributed by atoms with E-state index in [1.165, 1.54) is 0 Å². The van der Waals surface area contributed by atoms with Crippen LogP contribution in [0.1, 0.15) is 0 Å². The van der Waals surface area contributed by atoms with Crippen molar-refractivity contribution in [2.75, 3.05) is 143 Å². The lowest BCUT2D eigenvalue weighted by Gasteiger charge is -2.19. The van der Waals surface area contributed by atoms with E-state index in [0.717, 1.165) is 0 Å². The van der Waals surface area contributed by atoms with Gasteiger partial charge in [-0.1, -0.05) is 0 Å². The number of hydrogen-bond acceptors (Lipinski definition) is 16. The third-order valence-corrected chi connectivity index (χ3v) is 7.51. The van der Waals surface area contributed by atoms with Gasteiger partial charge in [0.25, 0.3) is 10.9 Å². The number of hydrogen-bond donors (Lipinski definition) is 2. The van der Waals surface area contributed by atoms with Crippen molar-refractivity contribution >= 4 is 22.7 Å². The molecule has 2 aliphatic heterocycles. The summed E-state index contributed by atoms with van der Waals surface area (Å²) in [5.74, 6) is 1.83. The van der Waals surface area contributed by atoms with E-state index in [-0.39, 0.29) is 37.8 Å². The molecule has 5 rings (SSSR count). The monoisotopic (exact) mass is 732 g/mol. The van der Waals surface area contributed by atoms with Crippen LogP contribution in [0.3, 0.4) is 0 Å². The topological polar surface area (TPSA) is 169 Å². The van der Waals surface area contributed by atoms with E-state index in [1.54, 1.807) is 36.4 Å². The van der Waals surface area contributed by atoms with Crippen LogP contribution in [-0.2, 0) is 37.9 Å². The number of benzene rings is 2. The Balaban J connectivity index is 1.24. The summed E-state index contributed by atoms with van der Waals surface area (Å²) in [7, 11) is 0. The number of rotatable bonds is 4. The molecule has 0 radical (unpaired) electrons. The van der Waals surface area contributed by atoms with Gasteiger partial charge in [-0.2, -0.15) is 0 Å². The van der Waals surface area contributed by atoms with Gasteiger partial charge in [0.2, 0.25) is 0 Å². The van der Waals surface area contributed by atoms with Crippen LogP contribution in [0, 0.1) is 0 Å². The summed E-state index contributed by atoms with van der Waals surface area (Å²) in [5, 5.41) is 6.14. The molecule has 2 heterocycles. The molecule has 0 fully saturated rings. The van der Waals surface area contributed by atoms with Crippen LogP contribution >= 0.6 is 0 Å². The Morgan fingerprint density at radius 2 is 0.577 bits per heavy atom. The van der Waals surface area contributed by atoms with Gasteiger partial charge >= 0.3 is 0 Å². The standard InChI is InChI=1S/C36H48N2O14/c39-35-33(37-27-1-3-29-31(25-27)51-23-19-47-15-11-43-7-5-41-9-13-45-17-21-49-29)34(36(35)40)38-28-2-4-30-32(26-28)52-24-20-48-16-12-44-8-6-42-10-14-46-18-22-50-30/h1-4,25-26,37-38H,5-24H2. The highest BCUT2D eigenvalue weighted by Gasteiger charge is 2.22. The van der Waals surface area contributed by atoms with Crippen LogP contribution in [-0.4, -0.2) is 132 Å². The number of fused-ring (bicyclic) bond motifs is 2. The summed E-state index contributed by atoms with van der Waals surface area (Å²) in [6, 6.07) is 10.3. The molecule has 52 heavy (non-hydrogen) atoms. The first-order valence-electron chi connectivity index (χ1n) is 17.5. The van der Waals surface area contributed by atoms with Gasteiger partial charge in [-0.3, -0.25) is 9.59 Å². The molecular weight excluding hydrogens is 684 g/mol. The number of nitrogens with one attached hydrogen (secondary N) is 2. The zero-order valence-corrected chi connectivity index (χ0v) is 29.3. The van der Waals surface area contributed by atoms with E-state index in [1.807, 2.05) is 0 Å². The van der Waals surface area contributed by atoms with Crippen molar-refractivity contribution in [3.05, 3.63) is 56.8 Å². The van der Waals surface area contributed by atoms with Crippen LogP contribution in [0.5, 0.6) is 23.0 Å². The van der Waals surface area contributed by atoms with Gasteiger partial charge in [-0.25, -0.2) is 0 Å². The minimum Gasteiger partial charge on any atom is -0.487 e. The Labute approximate surface area is 302 Å². The first kappa shape index (κ1) is 39.2. The second kappa shape index (κ2) is 22.8. The first-order chi connectivity index (χ1) is 25.7. The molecule has 0 atom stereocenters. The Kier molecular flexibility index (Phi) is 17.2. The molecule has 0 unspecified atom stereocenters. The average molecular weight is 733 g/mol. The number of ether oxygens (including phenoxy) is 12. The maximum absolute atomic E-state index is 12.8. The fourth-order valence-corrected chi connectivity index (χ4v) is 4.92. The zero-order chi connectivity index (χ0) is 36.1. The first-order valence-corrected chi connectivity index (χ1v) is 17.5. The molecule has 286 valence electrons. The molecule has 3 aromatic carbocycles. The van der Waals surface area contributed by atoms with Crippen LogP contribution < -0.4 is 40.4 Å². The van der Waals surface area contributed by atoms with Crippen molar-refractivity contribution in [2.24, 2.45) is 0 Å². The highest BCUT2D eigenvalue weighted by atomic mass is 16.6. The Morgan fingerprint density at radius 3 is 0.865 bits per heavy atom. The van der Waals surface area contributed by atoms with Crippen LogP contribution in [0.4, 0.5) is 22.7 Å². The molecule has 0 aliphatic carbocycles. The average Bonchev–Trinajstić information content (AvgIpc) is 3.16. The van der Waals surface area contributed by atoms with E-state index in [4.69, 9.17) is 56.8 Å². The zero-order valence-electron chi connectivity index (χ0n) is 29.3. The fraction of sp³-hybridized carbons (Fsp3) is 0.556.